The number of rotatable bonds is 3. The highest BCUT2D eigenvalue weighted by Gasteiger charge is 2.05. The summed E-state index contributed by atoms with van der Waals surface area (Å²) in [6.07, 6.45) is 0. The fraction of sp³-hybridized carbons (Fsp3) is 0. The average molecular weight is 500 g/mol. The van der Waals surface area contributed by atoms with Crippen molar-refractivity contribution in [1.29, 1.82) is 0 Å². The normalized spacial score (nSPS) is 10.2. The van der Waals surface area contributed by atoms with Gasteiger partial charge >= 0.3 is 0 Å². The van der Waals surface area contributed by atoms with Crippen molar-refractivity contribution in [2.45, 2.75) is 0 Å². The van der Waals surface area contributed by atoms with E-state index in [2.05, 4.69) is 74.6 Å². The van der Waals surface area contributed by atoms with Gasteiger partial charge in [-0.15, -0.1) is 0 Å². The Morgan fingerprint density at radius 3 is 1.39 bits per heavy atom. The second kappa shape index (κ2) is 6.41. The van der Waals surface area contributed by atoms with E-state index >= 15 is 0 Å². The molecule has 2 aromatic carbocycles. The van der Waals surface area contributed by atoms with Crippen LogP contribution in [0, 0.1) is 0 Å². The molecule has 0 atom stereocenters. The molecule has 0 spiro atoms. The zero-order chi connectivity index (χ0) is 13.1. The Labute approximate surface area is 139 Å². The molecule has 0 aliphatic rings. The smallest absolute Gasteiger partial charge is 0.0693 e. The molecule has 0 aliphatic carbocycles. The summed E-state index contributed by atoms with van der Waals surface area (Å²) in [4.78, 5) is 0. The molecule has 2 N–H and O–H groups in total. The van der Waals surface area contributed by atoms with E-state index in [4.69, 9.17) is 0 Å². The minimum atomic E-state index is 0.955. The van der Waals surface area contributed by atoms with Gasteiger partial charge in [-0.2, -0.15) is 0 Å². The van der Waals surface area contributed by atoms with E-state index in [0.717, 1.165) is 29.3 Å². The summed E-state index contributed by atoms with van der Waals surface area (Å²) in [6.45, 7) is 0. The van der Waals surface area contributed by atoms with Crippen LogP contribution in [0.5, 0.6) is 0 Å². The number of benzene rings is 2. The highest BCUT2D eigenvalue weighted by Crippen LogP contribution is 2.33. The lowest BCUT2D eigenvalue weighted by molar-refractivity contribution is 1.37. The molecule has 0 bridgehead atoms. The standard InChI is InChI=1S/C12H8Br4N2/c13-7-3-1-5-9(11(7)15)17-18-10-6-2-4-8(14)12(10)16/h1-6,17-18H. The molecule has 0 aliphatic heterocycles. The molecule has 0 amide bonds. The van der Waals surface area contributed by atoms with Crippen LogP contribution in [0.15, 0.2) is 54.3 Å². The van der Waals surface area contributed by atoms with Gasteiger partial charge in [0.2, 0.25) is 0 Å². The fourth-order valence-corrected chi connectivity index (χ4v) is 2.79. The van der Waals surface area contributed by atoms with Crippen molar-refractivity contribution >= 4 is 75.1 Å². The van der Waals surface area contributed by atoms with Crippen molar-refractivity contribution in [2.24, 2.45) is 0 Å². The first-order valence-electron chi connectivity index (χ1n) is 4.99. The maximum atomic E-state index is 3.52. The predicted octanol–water partition coefficient (Wildman–Crippen LogP) is 6.18. The molecular formula is C12H8Br4N2. The van der Waals surface area contributed by atoms with Crippen molar-refractivity contribution in [3.63, 3.8) is 0 Å². The van der Waals surface area contributed by atoms with Crippen molar-refractivity contribution in [2.75, 3.05) is 10.9 Å². The summed E-state index contributed by atoms with van der Waals surface area (Å²) >= 11 is 14.0. The van der Waals surface area contributed by atoms with Crippen LogP contribution < -0.4 is 10.9 Å². The molecule has 0 radical (unpaired) electrons. The lowest BCUT2D eigenvalue weighted by Crippen LogP contribution is -2.09. The Balaban J connectivity index is 2.17. The number of halogens is 4. The van der Waals surface area contributed by atoms with Gasteiger partial charge in [0.25, 0.3) is 0 Å². The van der Waals surface area contributed by atoms with E-state index in [1.807, 2.05) is 36.4 Å². The summed E-state index contributed by atoms with van der Waals surface area (Å²) in [5.74, 6) is 0. The molecule has 6 heteroatoms. The quantitative estimate of drug-likeness (QED) is 0.493. The lowest BCUT2D eigenvalue weighted by Gasteiger charge is -2.13. The summed E-state index contributed by atoms with van der Waals surface area (Å²) in [6, 6.07) is 11.8. The number of anilines is 2. The third-order valence-electron chi connectivity index (χ3n) is 2.24. The summed E-state index contributed by atoms with van der Waals surface area (Å²) in [7, 11) is 0. The Morgan fingerprint density at radius 1 is 0.611 bits per heavy atom. The number of hydrogen-bond acceptors (Lipinski definition) is 2. The molecule has 2 nitrogen and oxygen atoms in total. The van der Waals surface area contributed by atoms with E-state index < -0.39 is 0 Å². The minimum absolute atomic E-state index is 0.955. The number of hydrogen-bond donors (Lipinski definition) is 2. The Kier molecular flexibility index (Phi) is 5.12. The second-order valence-corrected chi connectivity index (χ2v) is 6.75. The molecule has 0 aromatic heterocycles. The van der Waals surface area contributed by atoms with E-state index in [0.29, 0.717) is 0 Å². The molecule has 2 aromatic rings. The van der Waals surface area contributed by atoms with E-state index in [9.17, 15) is 0 Å². The van der Waals surface area contributed by atoms with Crippen molar-refractivity contribution < 1.29 is 0 Å². The van der Waals surface area contributed by atoms with Crippen LogP contribution in [0.4, 0.5) is 11.4 Å². The maximum Gasteiger partial charge on any atom is 0.0693 e. The van der Waals surface area contributed by atoms with Crippen molar-refractivity contribution in [3.05, 3.63) is 54.3 Å². The van der Waals surface area contributed by atoms with Gasteiger partial charge in [-0.25, -0.2) is 0 Å². The number of hydrazine groups is 1. The van der Waals surface area contributed by atoms with Crippen molar-refractivity contribution in [3.8, 4) is 0 Å². The van der Waals surface area contributed by atoms with E-state index in [1.54, 1.807) is 0 Å². The van der Waals surface area contributed by atoms with Crippen LogP contribution in [0.25, 0.3) is 0 Å². The van der Waals surface area contributed by atoms with E-state index in [1.165, 1.54) is 0 Å². The predicted molar refractivity (Wildman–Crippen MR) is 90.9 cm³/mol. The first kappa shape index (κ1) is 14.4. The van der Waals surface area contributed by atoms with Crippen LogP contribution >= 0.6 is 63.7 Å². The van der Waals surface area contributed by atoms with Crippen LogP contribution in [-0.4, -0.2) is 0 Å². The monoisotopic (exact) mass is 496 g/mol. The van der Waals surface area contributed by atoms with Gasteiger partial charge < -0.3 is 0 Å². The SMILES string of the molecule is Brc1cccc(NNc2cccc(Br)c2Br)c1Br. The third kappa shape index (κ3) is 3.29. The minimum Gasteiger partial charge on any atom is -0.300 e. The highest BCUT2D eigenvalue weighted by atomic mass is 79.9. The average Bonchev–Trinajstić information content (AvgIpc) is 2.36. The molecule has 0 unspecified atom stereocenters. The van der Waals surface area contributed by atoms with Gasteiger partial charge in [0.05, 0.1) is 20.3 Å². The van der Waals surface area contributed by atoms with Crippen LogP contribution in [0.2, 0.25) is 0 Å². The third-order valence-corrected chi connectivity index (χ3v) is 6.33. The van der Waals surface area contributed by atoms with Crippen LogP contribution in [0.1, 0.15) is 0 Å². The molecule has 94 valence electrons. The molecule has 0 heterocycles. The van der Waals surface area contributed by atoms with Crippen LogP contribution in [-0.2, 0) is 0 Å². The summed E-state index contributed by atoms with van der Waals surface area (Å²) < 4.78 is 3.96. The van der Waals surface area contributed by atoms with Gasteiger partial charge in [0, 0.05) is 8.95 Å². The Morgan fingerprint density at radius 2 is 1.00 bits per heavy atom. The molecule has 2 rings (SSSR count). The fourth-order valence-electron chi connectivity index (χ4n) is 1.34. The van der Waals surface area contributed by atoms with Crippen LogP contribution in [0.3, 0.4) is 0 Å². The van der Waals surface area contributed by atoms with Gasteiger partial charge in [0.15, 0.2) is 0 Å². The summed E-state index contributed by atoms with van der Waals surface area (Å²) in [5.41, 5.74) is 8.23. The molecule has 18 heavy (non-hydrogen) atoms. The first-order chi connectivity index (χ1) is 8.59. The van der Waals surface area contributed by atoms with Gasteiger partial charge in [-0.05, 0) is 88.0 Å². The largest absolute Gasteiger partial charge is 0.300 e. The summed E-state index contributed by atoms with van der Waals surface area (Å²) in [5, 5.41) is 0. The van der Waals surface area contributed by atoms with Gasteiger partial charge in [0.1, 0.15) is 0 Å². The zero-order valence-electron chi connectivity index (χ0n) is 8.98. The topological polar surface area (TPSA) is 24.1 Å². The van der Waals surface area contributed by atoms with E-state index in [-0.39, 0.29) is 0 Å². The number of nitrogens with one attached hydrogen (secondary N) is 2. The Hall–Kier alpha value is -0.0400. The zero-order valence-corrected chi connectivity index (χ0v) is 15.3. The molecule has 0 saturated heterocycles. The molecule has 0 saturated carbocycles. The maximum absolute atomic E-state index is 3.52. The van der Waals surface area contributed by atoms with Crippen molar-refractivity contribution in [1.82, 2.24) is 0 Å². The second-order valence-electron chi connectivity index (χ2n) is 3.45. The lowest BCUT2D eigenvalue weighted by atomic mass is 10.3. The van der Waals surface area contributed by atoms with Gasteiger partial charge in [-0.3, -0.25) is 10.9 Å². The van der Waals surface area contributed by atoms with Gasteiger partial charge in [-0.1, -0.05) is 12.1 Å². The first-order valence-corrected chi connectivity index (χ1v) is 8.17. The molecular weight excluding hydrogens is 492 g/mol. The molecule has 0 fully saturated rings. The Bertz CT molecular complexity index is 520. The highest BCUT2D eigenvalue weighted by molar-refractivity contribution is 9.13.